The van der Waals surface area contributed by atoms with Crippen LogP contribution in [0.1, 0.15) is 214 Å². The van der Waals surface area contributed by atoms with E-state index in [-0.39, 0.29) is 26.1 Å². The van der Waals surface area contributed by atoms with E-state index in [4.69, 9.17) is 23.3 Å². The van der Waals surface area contributed by atoms with Crippen LogP contribution in [0.2, 0.25) is 0 Å². The molecule has 0 aromatic rings. The molecule has 1 rings (SSSR count). The Balaban J connectivity index is 2.54. The maximum Gasteiger partial charge on any atom is 0.472 e. The molecule has 13 heteroatoms. The van der Waals surface area contributed by atoms with Crippen LogP contribution in [0.3, 0.4) is 0 Å². The van der Waals surface area contributed by atoms with E-state index in [1.165, 1.54) is 114 Å². The number of hydrogen-bond acceptors (Lipinski definition) is 9. The SMILES string of the molecule is CCCCCCCCCCCCCCCC(=O)OCC(COP(=O)(O)OCC[N+](C)(C)C)OC(=O)CCCCCC1(CCCCCCCCCCC)OCC(C)(C)N1[O]. The Hall–Kier alpha value is -1.11. The van der Waals surface area contributed by atoms with Gasteiger partial charge in [-0.1, -0.05) is 149 Å². The van der Waals surface area contributed by atoms with Crippen molar-refractivity contribution in [2.24, 2.45) is 0 Å². The van der Waals surface area contributed by atoms with E-state index in [1.807, 2.05) is 35.0 Å². The number of hydrogen-bond donors (Lipinski definition) is 1. The highest BCUT2D eigenvalue weighted by atomic mass is 31.2. The molecular weight excluding hydrogens is 771 g/mol. The van der Waals surface area contributed by atoms with Gasteiger partial charge in [-0.3, -0.25) is 18.6 Å². The van der Waals surface area contributed by atoms with E-state index >= 15 is 0 Å². The van der Waals surface area contributed by atoms with E-state index in [9.17, 15) is 24.3 Å². The molecule has 12 nitrogen and oxygen atoms in total. The number of nitrogens with zero attached hydrogens (tertiary/aromatic N) is 2. The molecule has 0 saturated carbocycles. The summed E-state index contributed by atoms with van der Waals surface area (Å²) in [5.74, 6) is -0.917. The van der Waals surface area contributed by atoms with Crippen LogP contribution in [0.4, 0.5) is 0 Å². The standard InChI is InChI=1S/C46H90N2O10P/c1-8-10-12-14-16-18-19-20-21-22-24-26-29-33-43(49)54-39-42(40-57-59(52,53)56-38-37-48(5,6)7)58-44(50)34-30-28-32-36-46(47(51)45(3,4)41-55-46)35-31-27-25-23-17-15-13-11-9-2/h42H,8-41H2,1-7H3/p+1. The Morgan fingerprint density at radius 1 is 0.661 bits per heavy atom. The minimum Gasteiger partial charge on any atom is -0.462 e. The van der Waals surface area contributed by atoms with E-state index < -0.39 is 43.7 Å². The predicted octanol–water partition coefficient (Wildman–Crippen LogP) is 11.8. The van der Waals surface area contributed by atoms with Gasteiger partial charge in [0.15, 0.2) is 6.10 Å². The average molecular weight is 863 g/mol. The highest BCUT2D eigenvalue weighted by Gasteiger charge is 2.52. The first-order chi connectivity index (χ1) is 28.1. The van der Waals surface area contributed by atoms with Gasteiger partial charge >= 0.3 is 19.8 Å². The first kappa shape index (κ1) is 55.9. The van der Waals surface area contributed by atoms with Crippen molar-refractivity contribution in [1.82, 2.24) is 5.06 Å². The molecule has 1 aliphatic rings. The van der Waals surface area contributed by atoms with E-state index in [2.05, 4.69) is 13.8 Å². The second kappa shape index (κ2) is 32.5. The number of ether oxygens (including phenoxy) is 3. The van der Waals surface area contributed by atoms with Gasteiger partial charge in [-0.05, 0) is 52.4 Å². The van der Waals surface area contributed by atoms with Gasteiger partial charge in [0.05, 0.1) is 39.9 Å². The van der Waals surface area contributed by atoms with E-state index in [0.717, 1.165) is 38.5 Å². The third-order valence-corrected chi connectivity index (χ3v) is 12.4. The van der Waals surface area contributed by atoms with E-state index in [1.54, 1.807) is 0 Å². The molecule has 59 heavy (non-hydrogen) atoms. The quantitative estimate of drug-likeness (QED) is 0.0274. The van der Waals surface area contributed by atoms with Gasteiger partial charge in [0.1, 0.15) is 25.5 Å². The molecule has 0 amide bonds. The fourth-order valence-electron chi connectivity index (χ4n) is 7.56. The lowest BCUT2D eigenvalue weighted by molar-refractivity contribution is -0.870. The summed E-state index contributed by atoms with van der Waals surface area (Å²) >= 11 is 0. The maximum atomic E-state index is 13.4. The first-order valence-electron chi connectivity index (χ1n) is 23.9. The molecule has 0 aliphatic carbocycles. The number of phosphoric ester groups is 1. The summed E-state index contributed by atoms with van der Waals surface area (Å²) in [6.07, 6.45) is 29.2. The summed E-state index contributed by atoms with van der Waals surface area (Å²) in [7, 11) is 1.38. The number of carbonyl (C=O) groups is 2. The normalized spacial score (nSPS) is 18.5. The van der Waals surface area contributed by atoms with Crippen molar-refractivity contribution in [1.29, 1.82) is 0 Å². The zero-order chi connectivity index (χ0) is 43.9. The topological polar surface area (TPSA) is 141 Å². The van der Waals surface area contributed by atoms with Crippen molar-refractivity contribution in [2.45, 2.75) is 231 Å². The molecule has 1 radical (unpaired) electrons. The smallest absolute Gasteiger partial charge is 0.462 e. The van der Waals surface area contributed by atoms with Gasteiger partial charge in [-0.25, -0.2) is 4.57 Å². The van der Waals surface area contributed by atoms with Crippen LogP contribution in [0.15, 0.2) is 0 Å². The highest BCUT2D eigenvalue weighted by molar-refractivity contribution is 7.47. The van der Waals surface area contributed by atoms with Crippen LogP contribution in [-0.4, -0.2) is 97.9 Å². The van der Waals surface area contributed by atoms with Gasteiger partial charge in [0.25, 0.3) is 0 Å². The largest absolute Gasteiger partial charge is 0.472 e. The summed E-state index contributed by atoms with van der Waals surface area (Å²) in [6.45, 7) is 8.49. The van der Waals surface area contributed by atoms with Gasteiger partial charge in [-0.2, -0.15) is 0 Å². The Labute approximate surface area is 361 Å². The lowest BCUT2D eigenvalue weighted by atomic mass is 9.95. The van der Waals surface area contributed by atoms with E-state index in [0.29, 0.717) is 43.3 Å². The van der Waals surface area contributed by atoms with Crippen LogP contribution >= 0.6 is 7.82 Å². The van der Waals surface area contributed by atoms with Crippen LogP contribution in [0, 0.1) is 0 Å². The molecule has 1 N–H and O–H groups in total. The minimum absolute atomic E-state index is 0.00294. The molecular formula is C46H91N2O10P+. The fourth-order valence-corrected chi connectivity index (χ4v) is 8.30. The third-order valence-electron chi connectivity index (χ3n) is 11.4. The summed E-state index contributed by atoms with van der Waals surface area (Å²) in [6, 6.07) is 0. The summed E-state index contributed by atoms with van der Waals surface area (Å²) in [5.41, 5.74) is -1.41. The molecule has 349 valence electrons. The molecule has 3 atom stereocenters. The molecule has 3 unspecified atom stereocenters. The lowest BCUT2D eigenvalue weighted by Crippen LogP contribution is -2.49. The maximum absolute atomic E-state index is 13.4. The second-order valence-electron chi connectivity index (χ2n) is 18.9. The van der Waals surface area contributed by atoms with Gasteiger partial charge in [0.2, 0.25) is 0 Å². The van der Waals surface area contributed by atoms with Crippen molar-refractivity contribution in [3.05, 3.63) is 0 Å². The van der Waals surface area contributed by atoms with Gasteiger partial charge < -0.3 is 23.6 Å². The number of phosphoric acid groups is 1. The molecule has 1 aliphatic heterocycles. The fraction of sp³-hybridized carbons (Fsp3) is 0.957. The number of likely N-dealkylation sites (N-methyl/N-ethyl adjacent to an activating group) is 1. The zero-order valence-corrected chi connectivity index (χ0v) is 40.0. The average Bonchev–Trinajstić information content (AvgIpc) is 3.40. The molecule has 1 heterocycles. The molecule has 0 aromatic heterocycles. The second-order valence-corrected chi connectivity index (χ2v) is 20.3. The van der Waals surface area contributed by atoms with Crippen molar-refractivity contribution in [3.63, 3.8) is 0 Å². The number of unbranched alkanes of at least 4 members (excludes halogenated alkanes) is 22. The Morgan fingerprint density at radius 3 is 1.53 bits per heavy atom. The van der Waals surface area contributed by atoms with Crippen molar-refractivity contribution < 1.29 is 52.0 Å². The van der Waals surface area contributed by atoms with Crippen LogP contribution in [0.25, 0.3) is 0 Å². The first-order valence-corrected chi connectivity index (χ1v) is 25.4. The summed E-state index contributed by atoms with van der Waals surface area (Å²) in [5, 5.41) is 14.6. The molecule has 0 aromatic carbocycles. The molecule has 1 fully saturated rings. The van der Waals surface area contributed by atoms with Crippen molar-refractivity contribution in [3.8, 4) is 0 Å². The third kappa shape index (κ3) is 29.0. The minimum atomic E-state index is -4.43. The molecule has 1 saturated heterocycles. The highest BCUT2D eigenvalue weighted by Crippen LogP contribution is 2.43. The predicted molar refractivity (Wildman–Crippen MR) is 236 cm³/mol. The van der Waals surface area contributed by atoms with Crippen molar-refractivity contribution in [2.75, 3.05) is 54.1 Å². The number of carbonyl (C=O) groups excluding carboxylic acids is 2. The lowest BCUT2D eigenvalue weighted by Gasteiger charge is -2.35. The Morgan fingerprint density at radius 2 is 1.08 bits per heavy atom. The number of rotatable bonds is 40. The Kier molecular flexibility index (Phi) is 30.8. The Bertz CT molecular complexity index is 1120. The number of quaternary nitrogens is 1. The van der Waals surface area contributed by atoms with Gasteiger partial charge in [-0.15, -0.1) is 10.3 Å². The van der Waals surface area contributed by atoms with Crippen LogP contribution in [0.5, 0.6) is 0 Å². The molecule has 0 bridgehead atoms. The zero-order valence-electron chi connectivity index (χ0n) is 39.1. The summed E-state index contributed by atoms with van der Waals surface area (Å²) in [4.78, 5) is 35.8. The number of esters is 2. The number of hydroxylamine groups is 2. The van der Waals surface area contributed by atoms with Gasteiger partial charge in [0, 0.05) is 12.8 Å². The van der Waals surface area contributed by atoms with Crippen LogP contribution in [-0.2, 0) is 42.6 Å². The monoisotopic (exact) mass is 863 g/mol. The van der Waals surface area contributed by atoms with Crippen LogP contribution < -0.4 is 0 Å². The van der Waals surface area contributed by atoms with Crippen molar-refractivity contribution >= 4 is 19.8 Å². The molecule has 0 spiro atoms. The summed E-state index contributed by atoms with van der Waals surface area (Å²) < 4.78 is 40.8.